The quantitative estimate of drug-likeness (QED) is 0.357. The standard InChI is InChI=1S/C25H26Cl2N4O3S/c1-16-6-9-21(14-23(16)27)31-17(2)13-19(18(31)3)15-28-29-25(32)24-5-4-12-30(24)35(33,34)22-10-7-20(26)8-11-22/h6-11,13-15,24H,4-5,12H2,1-3H3,(H,29,32)/b28-15-/t24-/m0/s1. The number of rotatable bonds is 6. The maximum atomic E-state index is 13.1. The van der Waals surface area contributed by atoms with E-state index in [1.54, 1.807) is 6.21 Å². The third-order valence-electron chi connectivity index (χ3n) is 6.19. The van der Waals surface area contributed by atoms with E-state index < -0.39 is 22.0 Å². The van der Waals surface area contributed by atoms with Crippen molar-refractivity contribution >= 4 is 45.3 Å². The van der Waals surface area contributed by atoms with Gasteiger partial charge in [0.2, 0.25) is 10.0 Å². The molecule has 1 amide bonds. The van der Waals surface area contributed by atoms with Gasteiger partial charge in [-0.25, -0.2) is 13.8 Å². The second-order valence-corrected chi connectivity index (χ2v) is 11.3. The van der Waals surface area contributed by atoms with Crippen molar-refractivity contribution in [2.24, 2.45) is 5.10 Å². The van der Waals surface area contributed by atoms with Gasteiger partial charge in [-0.15, -0.1) is 0 Å². The lowest BCUT2D eigenvalue weighted by atomic mass is 10.2. The first-order chi connectivity index (χ1) is 16.6. The minimum Gasteiger partial charge on any atom is -0.318 e. The van der Waals surface area contributed by atoms with Crippen LogP contribution < -0.4 is 5.43 Å². The molecule has 0 radical (unpaired) electrons. The van der Waals surface area contributed by atoms with Crippen molar-refractivity contribution in [1.82, 2.24) is 14.3 Å². The van der Waals surface area contributed by atoms with Crippen LogP contribution in [0, 0.1) is 20.8 Å². The zero-order valence-electron chi connectivity index (χ0n) is 19.6. The second kappa shape index (κ2) is 10.1. The van der Waals surface area contributed by atoms with Gasteiger partial charge >= 0.3 is 0 Å². The number of carbonyl (C=O) groups excluding carboxylic acids is 1. The summed E-state index contributed by atoms with van der Waals surface area (Å²) < 4.78 is 29.4. The van der Waals surface area contributed by atoms with Crippen molar-refractivity contribution in [1.29, 1.82) is 0 Å². The number of carbonyl (C=O) groups is 1. The van der Waals surface area contributed by atoms with Gasteiger partial charge in [0.05, 0.1) is 11.1 Å². The predicted octanol–water partition coefficient (Wildman–Crippen LogP) is 5.01. The number of amides is 1. The van der Waals surface area contributed by atoms with E-state index in [4.69, 9.17) is 23.2 Å². The molecule has 10 heteroatoms. The zero-order valence-corrected chi connectivity index (χ0v) is 22.0. The maximum Gasteiger partial charge on any atom is 0.258 e. The summed E-state index contributed by atoms with van der Waals surface area (Å²) in [4.78, 5) is 13.0. The van der Waals surface area contributed by atoms with Crippen LogP contribution in [0.1, 0.15) is 35.4 Å². The Hall–Kier alpha value is -2.65. The van der Waals surface area contributed by atoms with E-state index in [9.17, 15) is 13.2 Å². The number of aromatic nitrogens is 1. The molecule has 0 unspecified atom stereocenters. The molecule has 1 aliphatic rings. The minimum atomic E-state index is -3.83. The Morgan fingerprint density at radius 1 is 1.09 bits per heavy atom. The molecule has 0 bridgehead atoms. The topological polar surface area (TPSA) is 83.8 Å². The van der Waals surface area contributed by atoms with Crippen molar-refractivity contribution in [3.63, 3.8) is 0 Å². The molecular formula is C25H26Cl2N4O3S. The summed E-state index contributed by atoms with van der Waals surface area (Å²) in [6, 6.07) is 12.9. The Morgan fingerprint density at radius 3 is 2.49 bits per heavy atom. The van der Waals surface area contributed by atoms with E-state index in [-0.39, 0.29) is 11.4 Å². The third-order valence-corrected chi connectivity index (χ3v) is 8.77. The monoisotopic (exact) mass is 532 g/mol. The first kappa shape index (κ1) is 25.4. The number of benzene rings is 2. The highest BCUT2D eigenvalue weighted by Gasteiger charge is 2.39. The van der Waals surface area contributed by atoms with E-state index in [0.29, 0.717) is 22.9 Å². The number of hydrogen-bond acceptors (Lipinski definition) is 4. The maximum absolute atomic E-state index is 13.1. The normalized spacial score (nSPS) is 16.8. The number of nitrogens with zero attached hydrogens (tertiary/aromatic N) is 3. The summed E-state index contributed by atoms with van der Waals surface area (Å²) in [6.07, 6.45) is 2.59. The molecule has 1 atom stereocenters. The van der Waals surface area contributed by atoms with Crippen molar-refractivity contribution in [3.05, 3.63) is 81.1 Å². The van der Waals surface area contributed by atoms with Gasteiger partial charge in [0, 0.05) is 39.2 Å². The number of hydrogen-bond donors (Lipinski definition) is 1. The average Bonchev–Trinajstić information content (AvgIpc) is 3.41. The highest BCUT2D eigenvalue weighted by atomic mass is 35.5. The van der Waals surface area contributed by atoms with E-state index in [2.05, 4.69) is 15.1 Å². The molecule has 1 N–H and O–H groups in total. The van der Waals surface area contributed by atoms with E-state index in [1.807, 2.05) is 45.0 Å². The van der Waals surface area contributed by atoms with Gasteiger partial charge in [-0.3, -0.25) is 4.79 Å². The molecule has 184 valence electrons. The first-order valence-corrected chi connectivity index (χ1v) is 13.3. The molecule has 1 aliphatic heterocycles. The molecular weight excluding hydrogens is 507 g/mol. The van der Waals surface area contributed by atoms with E-state index in [1.165, 1.54) is 28.6 Å². The number of aryl methyl sites for hydroxylation is 2. The number of halogens is 2. The molecule has 1 fully saturated rings. The fourth-order valence-electron chi connectivity index (χ4n) is 4.31. The number of hydrazone groups is 1. The van der Waals surface area contributed by atoms with Crippen molar-refractivity contribution in [3.8, 4) is 5.69 Å². The van der Waals surface area contributed by atoms with Gasteiger partial charge < -0.3 is 4.57 Å². The van der Waals surface area contributed by atoms with Crippen molar-refractivity contribution < 1.29 is 13.2 Å². The molecule has 35 heavy (non-hydrogen) atoms. The molecule has 2 heterocycles. The van der Waals surface area contributed by atoms with E-state index in [0.717, 1.165) is 28.2 Å². The average molecular weight is 533 g/mol. The van der Waals surface area contributed by atoms with Gasteiger partial charge in [-0.05, 0) is 81.6 Å². The summed E-state index contributed by atoms with van der Waals surface area (Å²) >= 11 is 12.2. The van der Waals surface area contributed by atoms with Crippen LogP contribution >= 0.6 is 23.2 Å². The van der Waals surface area contributed by atoms with Crippen LogP contribution in [-0.2, 0) is 14.8 Å². The summed E-state index contributed by atoms with van der Waals surface area (Å²) in [5, 5.41) is 5.26. The minimum absolute atomic E-state index is 0.105. The smallest absolute Gasteiger partial charge is 0.258 e. The third kappa shape index (κ3) is 5.16. The van der Waals surface area contributed by atoms with Gasteiger partial charge in [-0.2, -0.15) is 9.41 Å². The van der Waals surface area contributed by atoms with Crippen LogP contribution in [0.15, 0.2) is 58.5 Å². The fraction of sp³-hybridized carbons (Fsp3) is 0.280. The summed E-state index contributed by atoms with van der Waals surface area (Å²) in [7, 11) is -3.83. The Morgan fingerprint density at radius 2 is 1.80 bits per heavy atom. The van der Waals surface area contributed by atoms with Crippen LogP contribution in [0.5, 0.6) is 0 Å². The largest absolute Gasteiger partial charge is 0.318 e. The van der Waals surface area contributed by atoms with E-state index >= 15 is 0 Å². The van der Waals surface area contributed by atoms with Crippen LogP contribution in [0.25, 0.3) is 5.69 Å². The summed E-state index contributed by atoms with van der Waals surface area (Å²) in [5.41, 5.74) is 7.22. The molecule has 0 saturated carbocycles. The van der Waals surface area contributed by atoms with Gasteiger partial charge in [-0.1, -0.05) is 29.3 Å². The number of sulfonamides is 1. The molecule has 4 rings (SSSR count). The Labute approximate surface area is 215 Å². The predicted molar refractivity (Wildman–Crippen MR) is 139 cm³/mol. The Bertz CT molecular complexity index is 1400. The molecule has 2 aromatic carbocycles. The lowest BCUT2D eigenvalue weighted by Gasteiger charge is -2.22. The highest BCUT2D eigenvalue weighted by Crippen LogP contribution is 2.27. The lowest BCUT2D eigenvalue weighted by Crippen LogP contribution is -2.44. The SMILES string of the molecule is Cc1ccc(-n2c(C)cc(/C=N\NC(=O)[C@@H]3CCCN3S(=O)(=O)c3ccc(Cl)cc3)c2C)cc1Cl. The summed E-state index contributed by atoms with van der Waals surface area (Å²) in [6.45, 7) is 6.16. The molecule has 7 nitrogen and oxygen atoms in total. The molecule has 1 aromatic heterocycles. The summed E-state index contributed by atoms with van der Waals surface area (Å²) in [5.74, 6) is -0.463. The van der Waals surface area contributed by atoms with Crippen molar-refractivity contribution in [2.45, 2.75) is 44.6 Å². The lowest BCUT2D eigenvalue weighted by molar-refractivity contribution is -0.124. The van der Waals surface area contributed by atoms with Crippen LogP contribution in [0.4, 0.5) is 0 Å². The van der Waals surface area contributed by atoms with Crippen LogP contribution in [-0.4, -0.2) is 42.0 Å². The fourth-order valence-corrected chi connectivity index (χ4v) is 6.27. The highest BCUT2D eigenvalue weighted by molar-refractivity contribution is 7.89. The van der Waals surface area contributed by atoms with Crippen molar-refractivity contribution in [2.75, 3.05) is 6.54 Å². The second-order valence-electron chi connectivity index (χ2n) is 8.56. The molecule has 3 aromatic rings. The van der Waals surface area contributed by atoms with Gasteiger partial charge in [0.1, 0.15) is 6.04 Å². The van der Waals surface area contributed by atoms with Gasteiger partial charge in [0.25, 0.3) is 5.91 Å². The number of nitrogens with one attached hydrogen (secondary N) is 1. The van der Waals surface area contributed by atoms with Gasteiger partial charge in [0.15, 0.2) is 0 Å². The van der Waals surface area contributed by atoms with Crippen LogP contribution in [0.2, 0.25) is 10.0 Å². The molecule has 0 aliphatic carbocycles. The first-order valence-electron chi connectivity index (χ1n) is 11.2. The Balaban J connectivity index is 1.49. The van der Waals surface area contributed by atoms with Crippen LogP contribution in [0.3, 0.4) is 0 Å². The zero-order chi connectivity index (χ0) is 25.3. The Kier molecular flexibility index (Phi) is 7.38. The molecule has 1 saturated heterocycles. The molecule has 0 spiro atoms.